The van der Waals surface area contributed by atoms with Crippen LogP contribution in [0.1, 0.15) is 29.8 Å². The summed E-state index contributed by atoms with van der Waals surface area (Å²) < 4.78 is 39.0. The molecule has 0 bridgehead atoms. The van der Waals surface area contributed by atoms with Crippen LogP contribution in [0.4, 0.5) is 17.1 Å². The Balaban J connectivity index is 1.81. The normalized spacial score (nSPS) is 11.7. The zero-order valence-corrected chi connectivity index (χ0v) is 23.1. The first kappa shape index (κ1) is 28.3. The Bertz CT molecular complexity index is 1720. The Morgan fingerprint density at radius 2 is 1.74 bits per heavy atom. The van der Waals surface area contributed by atoms with Gasteiger partial charge in [-0.25, -0.2) is 0 Å². The molecule has 0 fully saturated rings. The van der Waals surface area contributed by atoms with Crippen LogP contribution in [0.3, 0.4) is 0 Å². The molecule has 0 heterocycles. The summed E-state index contributed by atoms with van der Waals surface area (Å²) in [6.07, 6.45) is 0.256. The third-order valence-electron chi connectivity index (χ3n) is 5.78. The number of ether oxygens (including phenoxy) is 1. The minimum atomic E-state index is -4.58. The number of nitrogens with one attached hydrogen (secondary N) is 1. The molecule has 0 aromatic heterocycles. The van der Waals surface area contributed by atoms with Gasteiger partial charge in [-0.1, -0.05) is 60.5 Å². The minimum absolute atomic E-state index is 0.0171. The Labute approximate surface area is 234 Å². The maximum atomic E-state index is 13.3. The number of carbonyl (C=O) groups excluding carboxylic acids is 1. The predicted molar refractivity (Wildman–Crippen MR) is 151 cm³/mol. The molecule has 0 aliphatic rings. The van der Waals surface area contributed by atoms with Crippen LogP contribution in [0.2, 0.25) is 10.0 Å². The van der Waals surface area contributed by atoms with Crippen LogP contribution in [0.5, 0.6) is 11.5 Å². The first-order chi connectivity index (χ1) is 18.5. The van der Waals surface area contributed by atoms with Crippen molar-refractivity contribution in [2.75, 3.05) is 11.9 Å². The number of hydrogen-bond donors (Lipinski definition) is 3. The highest BCUT2D eigenvalue weighted by Crippen LogP contribution is 2.41. The summed E-state index contributed by atoms with van der Waals surface area (Å²) in [6.45, 7) is 3.79. The van der Waals surface area contributed by atoms with E-state index in [2.05, 4.69) is 15.5 Å². The summed E-state index contributed by atoms with van der Waals surface area (Å²) in [5.41, 5.74) is 0.441. The molecule has 4 rings (SSSR count). The second-order valence-electron chi connectivity index (χ2n) is 8.28. The molecule has 4 aromatic carbocycles. The quantitative estimate of drug-likeness (QED) is 0.142. The van der Waals surface area contributed by atoms with Crippen molar-refractivity contribution in [3.05, 3.63) is 81.8 Å². The SMILES string of the molecule is CCOc1c(Cl)cccc1NC(=O)c1cc2ccccc2c(N=Nc2cc(Cl)c(CC)c(S(=O)(=O)O)c2)c1O. The van der Waals surface area contributed by atoms with Gasteiger partial charge in [-0.15, -0.1) is 5.11 Å². The number of hydrogen-bond acceptors (Lipinski definition) is 7. The topological polar surface area (TPSA) is 138 Å². The molecule has 0 atom stereocenters. The van der Waals surface area contributed by atoms with Crippen LogP contribution in [-0.2, 0) is 16.5 Å². The molecule has 0 spiro atoms. The molecule has 39 heavy (non-hydrogen) atoms. The Kier molecular flexibility index (Phi) is 8.41. The number of nitrogens with zero attached hydrogens (tertiary/aromatic N) is 2. The number of phenolic OH excluding ortho intramolecular Hbond substituents is 1. The van der Waals surface area contributed by atoms with Gasteiger partial charge >= 0.3 is 0 Å². The van der Waals surface area contributed by atoms with Gasteiger partial charge in [0.05, 0.1) is 28.6 Å². The van der Waals surface area contributed by atoms with Crippen molar-refractivity contribution in [2.45, 2.75) is 25.2 Å². The Morgan fingerprint density at radius 3 is 2.44 bits per heavy atom. The van der Waals surface area contributed by atoms with Gasteiger partial charge < -0.3 is 15.2 Å². The second kappa shape index (κ2) is 11.6. The zero-order chi connectivity index (χ0) is 28.3. The first-order valence-electron chi connectivity index (χ1n) is 11.7. The van der Waals surface area contributed by atoms with Gasteiger partial charge in [0.25, 0.3) is 16.0 Å². The van der Waals surface area contributed by atoms with Crippen LogP contribution >= 0.6 is 23.2 Å². The highest BCUT2D eigenvalue weighted by Gasteiger charge is 2.21. The van der Waals surface area contributed by atoms with Gasteiger partial charge in [0.15, 0.2) is 11.5 Å². The monoisotopic (exact) mass is 587 g/mol. The van der Waals surface area contributed by atoms with Gasteiger partial charge in [-0.05, 0) is 54.6 Å². The summed E-state index contributed by atoms with van der Waals surface area (Å²) in [6, 6.07) is 15.8. The first-order valence-corrected chi connectivity index (χ1v) is 13.9. The standard InChI is InChI=1S/C27H23Cl2N3O6S/c1-3-17-21(29)13-16(14-23(17)39(35,36)37)31-32-24-18-9-6-5-8-15(18)12-19(25(24)33)27(34)30-22-11-7-10-20(28)26(22)38-4-2/h5-14,33H,3-4H2,1-2H3,(H,30,34)(H,35,36,37). The van der Waals surface area contributed by atoms with Crippen molar-refractivity contribution in [1.82, 2.24) is 0 Å². The van der Waals surface area contributed by atoms with E-state index in [1.54, 1.807) is 56.3 Å². The second-order valence-corrected chi connectivity index (χ2v) is 10.5. The fourth-order valence-corrected chi connectivity index (χ4v) is 5.48. The number of benzene rings is 4. The third-order valence-corrected chi connectivity index (χ3v) is 7.33. The number of fused-ring (bicyclic) bond motifs is 1. The lowest BCUT2D eigenvalue weighted by Gasteiger charge is -2.14. The third kappa shape index (κ3) is 5.99. The predicted octanol–water partition coefficient (Wildman–Crippen LogP) is 7.73. The van der Waals surface area contributed by atoms with E-state index in [1.165, 1.54) is 12.1 Å². The number of phenols is 1. The largest absolute Gasteiger partial charge is 0.505 e. The highest BCUT2D eigenvalue weighted by atomic mass is 35.5. The smallest absolute Gasteiger partial charge is 0.294 e. The number of anilines is 1. The fourth-order valence-electron chi connectivity index (χ4n) is 4.02. The average Bonchev–Trinajstić information content (AvgIpc) is 2.89. The van der Waals surface area contributed by atoms with E-state index in [0.29, 0.717) is 28.1 Å². The van der Waals surface area contributed by atoms with E-state index in [0.717, 1.165) is 6.07 Å². The van der Waals surface area contributed by atoms with E-state index in [1.807, 2.05) is 0 Å². The molecule has 0 saturated heterocycles. The van der Waals surface area contributed by atoms with Crippen molar-refractivity contribution in [3.8, 4) is 11.5 Å². The van der Waals surface area contributed by atoms with Crippen LogP contribution in [0.25, 0.3) is 10.8 Å². The van der Waals surface area contributed by atoms with Crippen LogP contribution < -0.4 is 10.1 Å². The Hall–Kier alpha value is -3.70. The van der Waals surface area contributed by atoms with Gasteiger partial charge in [0.1, 0.15) is 10.6 Å². The summed E-state index contributed by atoms with van der Waals surface area (Å²) >= 11 is 12.5. The van der Waals surface area contributed by atoms with E-state index in [9.17, 15) is 22.9 Å². The maximum absolute atomic E-state index is 13.3. The lowest BCUT2D eigenvalue weighted by Crippen LogP contribution is -2.13. The number of carbonyl (C=O) groups is 1. The van der Waals surface area contributed by atoms with E-state index in [-0.39, 0.29) is 44.6 Å². The van der Waals surface area contributed by atoms with Gasteiger partial charge in [-0.3, -0.25) is 9.35 Å². The number of azo groups is 1. The van der Waals surface area contributed by atoms with E-state index < -0.39 is 21.8 Å². The number of amides is 1. The summed E-state index contributed by atoms with van der Waals surface area (Å²) in [5.74, 6) is -0.819. The molecule has 0 aliphatic carbocycles. The molecule has 12 heteroatoms. The number of para-hydroxylation sites is 1. The van der Waals surface area contributed by atoms with Crippen LogP contribution in [0.15, 0.2) is 75.8 Å². The summed E-state index contributed by atoms with van der Waals surface area (Å²) in [5, 5.41) is 23.5. The molecular weight excluding hydrogens is 565 g/mol. The molecule has 0 radical (unpaired) electrons. The number of aromatic hydroxyl groups is 1. The number of halogens is 2. The molecule has 0 unspecified atom stereocenters. The van der Waals surface area contributed by atoms with Crippen molar-refractivity contribution in [1.29, 1.82) is 0 Å². The minimum Gasteiger partial charge on any atom is -0.505 e. The van der Waals surface area contributed by atoms with Gasteiger partial charge in [0.2, 0.25) is 0 Å². The molecule has 0 saturated carbocycles. The molecule has 1 amide bonds. The van der Waals surface area contributed by atoms with Crippen molar-refractivity contribution < 1.29 is 27.6 Å². The number of rotatable bonds is 8. The lowest BCUT2D eigenvalue weighted by atomic mass is 10.0. The summed E-state index contributed by atoms with van der Waals surface area (Å²) in [7, 11) is -4.58. The van der Waals surface area contributed by atoms with Crippen molar-refractivity contribution in [2.24, 2.45) is 10.2 Å². The molecule has 3 N–H and O–H groups in total. The zero-order valence-electron chi connectivity index (χ0n) is 20.8. The molecule has 0 aliphatic heterocycles. The van der Waals surface area contributed by atoms with Crippen LogP contribution in [-0.4, -0.2) is 30.6 Å². The molecule has 9 nitrogen and oxygen atoms in total. The average molecular weight is 588 g/mol. The van der Waals surface area contributed by atoms with Crippen molar-refractivity contribution in [3.63, 3.8) is 0 Å². The molecule has 4 aromatic rings. The van der Waals surface area contributed by atoms with E-state index >= 15 is 0 Å². The highest BCUT2D eigenvalue weighted by molar-refractivity contribution is 7.85. The molecular formula is C27H23Cl2N3O6S. The lowest BCUT2D eigenvalue weighted by molar-refractivity contribution is 0.102. The maximum Gasteiger partial charge on any atom is 0.294 e. The summed E-state index contributed by atoms with van der Waals surface area (Å²) in [4.78, 5) is 12.9. The van der Waals surface area contributed by atoms with Crippen LogP contribution in [0, 0.1) is 0 Å². The van der Waals surface area contributed by atoms with E-state index in [4.69, 9.17) is 27.9 Å². The van der Waals surface area contributed by atoms with Gasteiger partial charge in [0, 0.05) is 10.4 Å². The Morgan fingerprint density at radius 1 is 1.00 bits per heavy atom. The molecule has 202 valence electrons. The van der Waals surface area contributed by atoms with Gasteiger partial charge in [-0.2, -0.15) is 13.5 Å². The van der Waals surface area contributed by atoms with Crippen molar-refractivity contribution >= 4 is 67.1 Å². The fraction of sp³-hybridized carbons (Fsp3) is 0.148.